The summed E-state index contributed by atoms with van der Waals surface area (Å²) >= 11 is 0. The number of esters is 1. The van der Waals surface area contributed by atoms with Gasteiger partial charge in [-0.2, -0.15) is 0 Å². The minimum atomic E-state index is -1.68. The first-order valence-corrected chi connectivity index (χ1v) is 6.90. The highest BCUT2D eigenvalue weighted by Crippen LogP contribution is 2.20. The van der Waals surface area contributed by atoms with Crippen molar-refractivity contribution in [3.05, 3.63) is 35.9 Å². The van der Waals surface area contributed by atoms with E-state index in [9.17, 15) is 25.2 Å². The first-order chi connectivity index (χ1) is 10.9. The SMILES string of the molecule is O=C(/C=C/c1ccc(O)cc1)OC[C@@H]1O[C@@H](O)[C@@H](O)[C@H](O)[C@H]1O. The van der Waals surface area contributed by atoms with Gasteiger partial charge in [-0.3, -0.25) is 0 Å². The van der Waals surface area contributed by atoms with E-state index >= 15 is 0 Å². The van der Waals surface area contributed by atoms with E-state index in [1.54, 1.807) is 12.1 Å². The van der Waals surface area contributed by atoms with Crippen LogP contribution in [0.4, 0.5) is 0 Å². The number of carbonyl (C=O) groups is 1. The Labute approximate surface area is 131 Å². The average molecular weight is 326 g/mol. The maximum absolute atomic E-state index is 11.6. The molecule has 8 nitrogen and oxygen atoms in total. The van der Waals surface area contributed by atoms with Crippen molar-refractivity contribution < 1.29 is 39.8 Å². The first-order valence-electron chi connectivity index (χ1n) is 6.90. The maximum Gasteiger partial charge on any atom is 0.330 e. The second-order valence-corrected chi connectivity index (χ2v) is 5.09. The number of aromatic hydroxyl groups is 1. The van der Waals surface area contributed by atoms with Gasteiger partial charge in [-0.25, -0.2) is 4.79 Å². The van der Waals surface area contributed by atoms with E-state index in [1.165, 1.54) is 18.2 Å². The van der Waals surface area contributed by atoms with E-state index < -0.39 is 43.3 Å². The van der Waals surface area contributed by atoms with Gasteiger partial charge in [0.25, 0.3) is 0 Å². The Morgan fingerprint density at radius 3 is 2.39 bits per heavy atom. The monoisotopic (exact) mass is 326 g/mol. The molecule has 1 aliphatic rings. The Kier molecular flexibility index (Phi) is 5.69. The number of benzene rings is 1. The van der Waals surface area contributed by atoms with Crippen LogP contribution in [0.2, 0.25) is 0 Å². The van der Waals surface area contributed by atoms with E-state index in [0.717, 1.165) is 6.08 Å². The lowest BCUT2D eigenvalue weighted by Crippen LogP contribution is -2.58. The molecule has 0 bridgehead atoms. The van der Waals surface area contributed by atoms with E-state index in [-0.39, 0.29) is 5.75 Å². The van der Waals surface area contributed by atoms with Crippen molar-refractivity contribution in [2.24, 2.45) is 0 Å². The van der Waals surface area contributed by atoms with Gasteiger partial charge in [-0.05, 0) is 23.8 Å². The van der Waals surface area contributed by atoms with Crippen molar-refractivity contribution in [3.8, 4) is 5.75 Å². The van der Waals surface area contributed by atoms with Crippen LogP contribution in [0.15, 0.2) is 30.3 Å². The fourth-order valence-electron chi connectivity index (χ4n) is 2.03. The molecule has 23 heavy (non-hydrogen) atoms. The quantitative estimate of drug-likeness (QED) is 0.342. The summed E-state index contributed by atoms with van der Waals surface area (Å²) in [4.78, 5) is 11.6. The Morgan fingerprint density at radius 2 is 1.74 bits per heavy atom. The van der Waals surface area contributed by atoms with Crippen molar-refractivity contribution >= 4 is 12.0 Å². The molecule has 5 N–H and O–H groups in total. The van der Waals surface area contributed by atoms with Crippen molar-refractivity contribution in [3.63, 3.8) is 0 Å². The zero-order valence-corrected chi connectivity index (χ0v) is 12.0. The molecule has 0 radical (unpaired) electrons. The predicted octanol–water partition coefficient (Wildman–Crippen LogP) is -1.25. The molecule has 8 heteroatoms. The maximum atomic E-state index is 11.6. The highest BCUT2D eigenvalue weighted by molar-refractivity contribution is 5.87. The lowest BCUT2D eigenvalue weighted by molar-refractivity contribution is -0.287. The zero-order valence-electron chi connectivity index (χ0n) is 12.0. The number of rotatable bonds is 4. The molecule has 1 fully saturated rings. The molecule has 0 aromatic heterocycles. The lowest BCUT2D eigenvalue weighted by Gasteiger charge is -2.37. The molecule has 1 saturated heterocycles. The summed E-state index contributed by atoms with van der Waals surface area (Å²) in [5.74, 6) is -0.614. The van der Waals surface area contributed by atoms with Gasteiger partial charge in [0.2, 0.25) is 0 Å². The van der Waals surface area contributed by atoms with Crippen LogP contribution in [0.25, 0.3) is 6.08 Å². The Hall–Kier alpha value is -1.97. The third-order valence-corrected chi connectivity index (χ3v) is 3.38. The van der Waals surface area contributed by atoms with Gasteiger partial charge in [0, 0.05) is 6.08 Å². The van der Waals surface area contributed by atoms with Crippen LogP contribution in [0, 0.1) is 0 Å². The van der Waals surface area contributed by atoms with Crippen molar-refractivity contribution in [2.45, 2.75) is 30.7 Å². The fraction of sp³-hybridized carbons (Fsp3) is 0.400. The molecule has 0 saturated carbocycles. The molecule has 126 valence electrons. The molecule has 0 aliphatic carbocycles. The highest BCUT2D eigenvalue weighted by atomic mass is 16.6. The summed E-state index contributed by atoms with van der Waals surface area (Å²) in [5.41, 5.74) is 0.669. The van der Waals surface area contributed by atoms with Gasteiger partial charge in [0.15, 0.2) is 6.29 Å². The number of ether oxygens (including phenoxy) is 2. The lowest BCUT2D eigenvalue weighted by atomic mass is 9.99. The molecule has 0 spiro atoms. The topological polar surface area (TPSA) is 137 Å². The third-order valence-electron chi connectivity index (χ3n) is 3.38. The fourth-order valence-corrected chi connectivity index (χ4v) is 2.03. The average Bonchev–Trinajstić information content (AvgIpc) is 2.54. The van der Waals surface area contributed by atoms with E-state index in [0.29, 0.717) is 5.56 Å². The van der Waals surface area contributed by atoms with Gasteiger partial charge < -0.3 is 35.0 Å². The zero-order chi connectivity index (χ0) is 17.0. The van der Waals surface area contributed by atoms with Gasteiger partial charge >= 0.3 is 5.97 Å². The molecular weight excluding hydrogens is 308 g/mol. The second-order valence-electron chi connectivity index (χ2n) is 5.09. The molecule has 1 heterocycles. The van der Waals surface area contributed by atoms with E-state index in [2.05, 4.69) is 0 Å². The summed E-state index contributed by atoms with van der Waals surface area (Å²) in [6, 6.07) is 6.12. The number of phenolic OH excluding ortho intramolecular Hbond substituents is 1. The van der Waals surface area contributed by atoms with E-state index in [4.69, 9.17) is 14.6 Å². The molecular formula is C15H18O8. The molecule has 0 unspecified atom stereocenters. The summed E-state index contributed by atoms with van der Waals surface area (Å²) in [7, 11) is 0. The van der Waals surface area contributed by atoms with Gasteiger partial charge in [0.1, 0.15) is 36.8 Å². The number of aliphatic hydroxyl groups excluding tert-OH is 4. The summed E-state index contributed by atoms with van der Waals surface area (Å²) < 4.78 is 9.74. The van der Waals surface area contributed by atoms with Crippen molar-refractivity contribution in [1.29, 1.82) is 0 Å². The number of carbonyl (C=O) groups excluding carboxylic acids is 1. The minimum Gasteiger partial charge on any atom is -0.508 e. The minimum absolute atomic E-state index is 0.104. The molecule has 1 aromatic carbocycles. The van der Waals surface area contributed by atoms with Gasteiger partial charge in [-0.15, -0.1) is 0 Å². The largest absolute Gasteiger partial charge is 0.508 e. The van der Waals surface area contributed by atoms with Crippen LogP contribution in [0.5, 0.6) is 5.75 Å². The number of hydrogen-bond acceptors (Lipinski definition) is 8. The highest BCUT2D eigenvalue weighted by Gasteiger charge is 2.43. The predicted molar refractivity (Wildman–Crippen MR) is 77.0 cm³/mol. The van der Waals surface area contributed by atoms with Crippen LogP contribution >= 0.6 is 0 Å². The molecule has 1 aromatic rings. The number of aliphatic hydroxyl groups is 4. The van der Waals surface area contributed by atoms with E-state index in [1.807, 2.05) is 0 Å². The molecule has 2 rings (SSSR count). The van der Waals surface area contributed by atoms with Crippen LogP contribution in [0.3, 0.4) is 0 Å². The smallest absolute Gasteiger partial charge is 0.330 e. The Balaban J connectivity index is 1.85. The second kappa shape index (κ2) is 7.53. The number of phenols is 1. The summed E-state index contributed by atoms with van der Waals surface area (Å²) in [5, 5.41) is 47.0. The Morgan fingerprint density at radius 1 is 1.09 bits per heavy atom. The number of hydrogen-bond donors (Lipinski definition) is 5. The van der Waals surface area contributed by atoms with Crippen LogP contribution in [0.1, 0.15) is 5.56 Å². The Bertz CT molecular complexity index is 555. The normalized spacial score (nSPS) is 31.2. The molecule has 5 atom stereocenters. The summed E-state index contributed by atoms with van der Waals surface area (Å²) in [6.45, 7) is -0.402. The van der Waals surface area contributed by atoms with Gasteiger partial charge in [0.05, 0.1) is 0 Å². The first kappa shape index (κ1) is 17.4. The van der Waals surface area contributed by atoms with Crippen LogP contribution in [-0.4, -0.2) is 68.8 Å². The van der Waals surface area contributed by atoms with Crippen LogP contribution in [-0.2, 0) is 14.3 Å². The molecule has 0 amide bonds. The van der Waals surface area contributed by atoms with Crippen molar-refractivity contribution in [1.82, 2.24) is 0 Å². The molecule has 1 aliphatic heterocycles. The standard InChI is InChI=1S/C15H18O8/c16-9-4-1-8(2-5-9)3-6-11(17)22-7-10-12(18)13(19)14(20)15(21)23-10/h1-6,10,12-16,18-21H,7H2/b6-3+/t10-,12-,13+,14-,15+/m0/s1. The van der Waals surface area contributed by atoms with Gasteiger partial charge in [-0.1, -0.05) is 12.1 Å². The van der Waals surface area contributed by atoms with Crippen molar-refractivity contribution in [2.75, 3.05) is 6.61 Å². The summed E-state index contributed by atoms with van der Waals surface area (Å²) in [6.07, 6.45) is -4.96. The van der Waals surface area contributed by atoms with Crippen LogP contribution < -0.4 is 0 Å². The third kappa shape index (κ3) is 4.50.